The third kappa shape index (κ3) is 10.7. The predicted molar refractivity (Wildman–Crippen MR) is 28.2 cm³/mol. The van der Waals surface area contributed by atoms with Gasteiger partial charge in [-0.1, -0.05) is 6.08 Å². The van der Waals surface area contributed by atoms with Gasteiger partial charge >= 0.3 is 5.97 Å². The van der Waals surface area contributed by atoms with Crippen LogP contribution in [0, 0.1) is 0 Å². The molecule has 38 valence electrons. The van der Waals surface area contributed by atoms with Crippen molar-refractivity contribution in [2.24, 2.45) is 0 Å². The van der Waals surface area contributed by atoms with Crippen molar-refractivity contribution in [3.05, 3.63) is 12.2 Å². The Morgan fingerprint density at radius 1 is 1.71 bits per heavy atom. The zero-order chi connectivity index (χ0) is 4.99. The predicted octanol–water partition coefficient (Wildman–Crippen LogP) is 0.266. The van der Waals surface area contributed by atoms with Gasteiger partial charge in [-0.3, -0.25) is 0 Å². The summed E-state index contributed by atoms with van der Waals surface area (Å²) >= 11 is 0. The first-order valence-electron chi connectivity index (χ1n) is 1.63. The topological polar surface area (TPSA) is 37.3 Å². The van der Waals surface area contributed by atoms with E-state index < -0.39 is 5.97 Å². The fourth-order valence-corrected chi connectivity index (χ4v) is 0.143. The summed E-state index contributed by atoms with van der Waals surface area (Å²) in [6.45, 7) is 1.66. The zero-order valence-electron chi connectivity index (χ0n) is 4.01. The zero-order valence-corrected chi connectivity index (χ0v) is 7.90. The van der Waals surface area contributed by atoms with E-state index in [0.29, 0.717) is 0 Å². The van der Waals surface area contributed by atoms with E-state index in [9.17, 15) is 4.79 Å². The minimum absolute atomic E-state index is 0. The molecule has 0 atom stereocenters. The first kappa shape index (κ1) is 10.2. The summed E-state index contributed by atoms with van der Waals surface area (Å²) in [5.41, 5.74) is 0. The molecule has 3 heteroatoms. The maximum absolute atomic E-state index is 9.51. The van der Waals surface area contributed by atoms with Crippen LogP contribution in [0.15, 0.2) is 12.2 Å². The van der Waals surface area contributed by atoms with Crippen LogP contribution >= 0.6 is 0 Å². The molecule has 0 aromatic carbocycles. The maximum atomic E-state index is 9.51. The molecule has 0 aliphatic carbocycles. The number of allylic oxidation sites excluding steroid dienone is 1. The van der Waals surface area contributed by atoms with Gasteiger partial charge in [0.15, 0.2) is 0 Å². The molecule has 0 aromatic rings. The minimum atomic E-state index is -0.891. The van der Waals surface area contributed by atoms with Crippen molar-refractivity contribution >= 4 is 33.3 Å². The summed E-state index contributed by atoms with van der Waals surface area (Å²) < 4.78 is 0. The van der Waals surface area contributed by atoms with Gasteiger partial charge in [0.25, 0.3) is 0 Å². The molecule has 0 heterocycles. The maximum Gasteiger partial charge on any atom is 0.327 e. The van der Waals surface area contributed by atoms with Gasteiger partial charge in [0.2, 0.25) is 0 Å². The Kier molecular flexibility index (Phi) is 8.92. The SMILES string of the molecule is C/C=C/C(=O)O.[Pb]. The molecule has 0 aliphatic heterocycles. The molecule has 0 bridgehead atoms. The number of carboxylic acids is 1. The van der Waals surface area contributed by atoms with E-state index in [2.05, 4.69) is 0 Å². The minimum Gasteiger partial charge on any atom is -0.478 e. The number of carbonyl (C=O) groups is 1. The molecular formula is C4H6O2Pb. The van der Waals surface area contributed by atoms with Gasteiger partial charge in [-0.05, 0) is 6.92 Å². The van der Waals surface area contributed by atoms with Gasteiger partial charge in [-0.15, -0.1) is 0 Å². The van der Waals surface area contributed by atoms with E-state index >= 15 is 0 Å². The molecule has 1 N–H and O–H groups in total. The van der Waals surface area contributed by atoms with E-state index in [1.165, 1.54) is 6.08 Å². The van der Waals surface area contributed by atoms with Crippen LogP contribution in [-0.4, -0.2) is 38.4 Å². The van der Waals surface area contributed by atoms with Crippen LogP contribution < -0.4 is 0 Å². The van der Waals surface area contributed by atoms with Crippen LogP contribution in [0.5, 0.6) is 0 Å². The van der Waals surface area contributed by atoms with Crippen LogP contribution in [0.1, 0.15) is 6.92 Å². The number of aliphatic carboxylic acids is 1. The second-order valence-electron chi connectivity index (χ2n) is 0.838. The van der Waals surface area contributed by atoms with Crippen molar-refractivity contribution < 1.29 is 9.90 Å². The molecule has 0 saturated carbocycles. The van der Waals surface area contributed by atoms with E-state index in [1.54, 1.807) is 6.92 Å². The van der Waals surface area contributed by atoms with Crippen molar-refractivity contribution in [3.8, 4) is 0 Å². The van der Waals surface area contributed by atoms with Crippen molar-refractivity contribution in [1.82, 2.24) is 0 Å². The summed E-state index contributed by atoms with van der Waals surface area (Å²) in [6, 6.07) is 0. The molecular weight excluding hydrogens is 287 g/mol. The quantitative estimate of drug-likeness (QED) is 0.556. The smallest absolute Gasteiger partial charge is 0.327 e. The summed E-state index contributed by atoms with van der Waals surface area (Å²) in [4.78, 5) is 9.51. The standard InChI is InChI=1S/C4H6O2.Pb/c1-2-3-4(5)6;/h2-3H,1H3,(H,5,6);/b3-2+;. The van der Waals surface area contributed by atoms with Gasteiger partial charge in [0.05, 0.1) is 0 Å². The van der Waals surface area contributed by atoms with Crippen molar-refractivity contribution in [2.45, 2.75) is 6.92 Å². The van der Waals surface area contributed by atoms with Gasteiger partial charge in [-0.2, -0.15) is 0 Å². The first-order valence-corrected chi connectivity index (χ1v) is 1.63. The molecule has 0 aromatic heterocycles. The summed E-state index contributed by atoms with van der Waals surface area (Å²) in [6.07, 6.45) is 2.56. The van der Waals surface area contributed by atoms with Gasteiger partial charge in [0, 0.05) is 33.4 Å². The normalized spacial score (nSPS) is 8.14. The molecule has 0 amide bonds. The average Bonchev–Trinajstić information content (AvgIpc) is 1.35. The van der Waals surface area contributed by atoms with E-state index in [4.69, 9.17) is 5.11 Å². The molecule has 2 nitrogen and oxygen atoms in total. The van der Waals surface area contributed by atoms with Crippen LogP contribution in [0.4, 0.5) is 0 Å². The second kappa shape index (κ2) is 6.13. The molecule has 0 spiro atoms. The van der Waals surface area contributed by atoms with Crippen LogP contribution in [0.2, 0.25) is 0 Å². The summed E-state index contributed by atoms with van der Waals surface area (Å²) in [5, 5.41) is 7.83. The molecule has 0 fully saturated rings. The molecule has 4 radical (unpaired) electrons. The number of rotatable bonds is 1. The van der Waals surface area contributed by atoms with Gasteiger partial charge in [-0.25, -0.2) is 4.79 Å². The Morgan fingerprint density at radius 3 is 2.14 bits per heavy atom. The molecule has 0 saturated heterocycles. The van der Waals surface area contributed by atoms with Crippen LogP contribution in [0.25, 0.3) is 0 Å². The molecule has 0 aliphatic rings. The molecule has 0 unspecified atom stereocenters. The Labute approximate surface area is 62.4 Å². The average molecular weight is 293 g/mol. The Morgan fingerprint density at radius 2 is 2.14 bits per heavy atom. The number of carboxylic acid groups (broad SMARTS) is 1. The van der Waals surface area contributed by atoms with Crippen molar-refractivity contribution in [2.75, 3.05) is 0 Å². The van der Waals surface area contributed by atoms with E-state index in [0.717, 1.165) is 6.08 Å². The van der Waals surface area contributed by atoms with Crippen LogP contribution in [-0.2, 0) is 4.79 Å². The van der Waals surface area contributed by atoms with E-state index in [1.807, 2.05) is 0 Å². The molecule has 0 rings (SSSR count). The van der Waals surface area contributed by atoms with Crippen molar-refractivity contribution in [3.63, 3.8) is 0 Å². The van der Waals surface area contributed by atoms with Crippen LogP contribution in [0.3, 0.4) is 0 Å². The largest absolute Gasteiger partial charge is 0.478 e. The number of hydrogen-bond acceptors (Lipinski definition) is 1. The first-order chi connectivity index (χ1) is 2.77. The summed E-state index contributed by atoms with van der Waals surface area (Å²) in [5.74, 6) is -0.891. The van der Waals surface area contributed by atoms with Gasteiger partial charge in [0.1, 0.15) is 0 Å². The van der Waals surface area contributed by atoms with Crippen molar-refractivity contribution in [1.29, 1.82) is 0 Å². The number of hydrogen-bond donors (Lipinski definition) is 1. The second-order valence-corrected chi connectivity index (χ2v) is 0.838. The van der Waals surface area contributed by atoms with Gasteiger partial charge < -0.3 is 5.11 Å². The van der Waals surface area contributed by atoms with E-state index in [-0.39, 0.29) is 27.3 Å². The third-order valence-electron chi connectivity index (χ3n) is 0.309. The Hall–Kier alpha value is 0.132. The fraction of sp³-hybridized carbons (Fsp3) is 0.250. The summed E-state index contributed by atoms with van der Waals surface area (Å²) in [7, 11) is 0. The monoisotopic (exact) mass is 294 g/mol. The molecule has 7 heavy (non-hydrogen) atoms. The third-order valence-corrected chi connectivity index (χ3v) is 0.309. The Bertz CT molecular complexity index is 77.8. The fourth-order valence-electron chi connectivity index (χ4n) is 0.143. The Balaban J connectivity index is 0.